The van der Waals surface area contributed by atoms with Crippen LogP contribution in [0.2, 0.25) is 0 Å². The summed E-state index contributed by atoms with van der Waals surface area (Å²) in [4.78, 5) is 11.6. The lowest BCUT2D eigenvalue weighted by atomic mass is 10.2. The van der Waals surface area contributed by atoms with Crippen LogP contribution >= 0.6 is 0 Å². The summed E-state index contributed by atoms with van der Waals surface area (Å²) < 4.78 is 5.12. The van der Waals surface area contributed by atoms with Gasteiger partial charge in [-0.1, -0.05) is 30.3 Å². The minimum Gasteiger partial charge on any atom is -0.445 e. The van der Waals surface area contributed by atoms with Crippen molar-refractivity contribution in [1.82, 2.24) is 15.5 Å². The first kappa shape index (κ1) is 12.2. The Labute approximate surface area is 105 Å². The second kappa shape index (κ2) is 5.86. The Morgan fingerprint density at radius 2 is 2.22 bits per heavy atom. The van der Waals surface area contributed by atoms with Gasteiger partial charge in [0, 0.05) is 11.8 Å². The molecule has 0 aliphatic carbocycles. The van der Waals surface area contributed by atoms with Crippen LogP contribution in [0.4, 0.5) is 4.79 Å². The summed E-state index contributed by atoms with van der Waals surface area (Å²) in [6, 6.07) is 9.42. The normalized spacial score (nSPS) is 11.8. The summed E-state index contributed by atoms with van der Waals surface area (Å²) >= 11 is 0. The Hall–Kier alpha value is -2.30. The quantitative estimate of drug-likeness (QED) is 0.869. The number of hydrogen-bond donors (Lipinski definition) is 2. The minimum absolute atomic E-state index is 0.132. The Balaban J connectivity index is 1.79. The monoisotopic (exact) mass is 245 g/mol. The molecule has 0 aliphatic rings. The van der Waals surface area contributed by atoms with Crippen molar-refractivity contribution in [3.8, 4) is 0 Å². The minimum atomic E-state index is -0.437. The van der Waals surface area contributed by atoms with E-state index in [2.05, 4.69) is 15.5 Å². The Morgan fingerprint density at radius 3 is 2.89 bits per heavy atom. The van der Waals surface area contributed by atoms with Crippen LogP contribution in [0.5, 0.6) is 0 Å². The predicted molar refractivity (Wildman–Crippen MR) is 66.8 cm³/mol. The van der Waals surface area contributed by atoms with Gasteiger partial charge in [0.2, 0.25) is 0 Å². The van der Waals surface area contributed by atoms with Crippen LogP contribution in [-0.4, -0.2) is 16.3 Å². The maximum absolute atomic E-state index is 11.6. The molecular formula is C13H15N3O2. The standard InChI is InChI=1S/C13H15N3O2/c1-10(12-7-14-15-8-12)16-13(17)18-9-11-5-3-2-4-6-11/h2-8,10H,9H2,1H3,(H,14,15)(H,16,17). The molecule has 0 fully saturated rings. The summed E-state index contributed by atoms with van der Waals surface area (Å²) in [5, 5.41) is 9.26. The molecule has 1 aromatic heterocycles. The number of alkyl carbamates (subject to hydrolysis) is 1. The molecule has 2 rings (SSSR count). The number of hydrogen-bond acceptors (Lipinski definition) is 3. The molecule has 1 amide bonds. The Bertz CT molecular complexity index is 482. The molecule has 1 atom stereocenters. The smallest absolute Gasteiger partial charge is 0.407 e. The number of nitrogens with one attached hydrogen (secondary N) is 2. The van der Waals surface area contributed by atoms with Crippen LogP contribution in [0.3, 0.4) is 0 Å². The van der Waals surface area contributed by atoms with Crippen molar-refractivity contribution in [2.45, 2.75) is 19.6 Å². The number of H-pyrrole nitrogens is 1. The van der Waals surface area contributed by atoms with Gasteiger partial charge in [0.25, 0.3) is 0 Å². The fourth-order valence-corrected chi connectivity index (χ4v) is 1.52. The van der Waals surface area contributed by atoms with E-state index in [1.54, 1.807) is 12.4 Å². The molecule has 0 radical (unpaired) electrons. The van der Waals surface area contributed by atoms with Crippen LogP contribution in [-0.2, 0) is 11.3 Å². The molecule has 5 heteroatoms. The molecule has 1 aromatic carbocycles. The van der Waals surface area contributed by atoms with Gasteiger partial charge in [0.05, 0.1) is 12.2 Å². The van der Waals surface area contributed by atoms with Crippen LogP contribution < -0.4 is 5.32 Å². The fraction of sp³-hybridized carbons (Fsp3) is 0.231. The summed E-state index contributed by atoms with van der Waals surface area (Å²) in [6.45, 7) is 2.14. The van der Waals surface area contributed by atoms with Gasteiger partial charge >= 0.3 is 6.09 Å². The highest BCUT2D eigenvalue weighted by atomic mass is 16.5. The molecule has 94 valence electrons. The van der Waals surface area contributed by atoms with Crippen LogP contribution in [0, 0.1) is 0 Å². The molecule has 1 unspecified atom stereocenters. The highest BCUT2D eigenvalue weighted by molar-refractivity contribution is 5.67. The fourth-order valence-electron chi connectivity index (χ4n) is 1.52. The molecule has 1 heterocycles. The third-order valence-electron chi connectivity index (χ3n) is 2.57. The first-order valence-electron chi connectivity index (χ1n) is 5.71. The maximum atomic E-state index is 11.6. The van der Waals surface area contributed by atoms with Gasteiger partial charge in [-0.2, -0.15) is 5.10 Å². The zero-order valence-corrected chi connectivity index (χ0v) is 10.1. The summed E-state index contributed by atoms with van der Waals surface area (Å²) in [7, 11) is 0. The molecule has 0 saturated heterocycles. The molecule has 5 nitrogen and oxygen atoms in total. The first-order valence-corrected chi connectivity index (χ1v) is 5.71. The van der Waals surface area contributed by atoms with Gasteiger partial charge < -0.3 is 10.1 Å². The van der Waals surface area contributed by atoms with Crippen LogP contribution in [0.1, 0.15) is 24.1 Å². The van der Waals surface area contributed by atoms with E-state index in [0.29, 0.717) is 0 Å². The molecule has 0 bridgehead atoms. The maximum Gasteiger partial charge on any atom is 0.407 e. The summed E-state index contributed by atoms with van der Waals surface area (Å²) in [5.74, 6) is 0. The number of aromatic amines is 1. The average Bonchev–Trinajstić information content (AvgIpc) is 2.91. The SMILES string of the molecule is CC(NC(=O)OCc1ccccc1)c1cn[nH]c1. The molecule has 0 aliphatic heterocycles. The van der Waals surface area contributed by atoms with Crippen molar-refractivity contribution >= 4 is 6.09 Å². The molecule has 2 N–H and O–H groups in total. The van der Waals surface area contributed by atoms with Crippen molar-refractivity contribution in [3.63, 3.8) is 0 Å². The zero-order chi connectivity index (χ0) is 12.8. The van der Waals surface area contributed by atoms with E-state index in [9.17, 15) is 4.79 Å². The van der Waals surface area contributed by atoms with E-state index < -0.39 is 6.09 Å². The van der Waals surface area contributed by atoms with E-state index in [1.807, 2.05) is 37.3 Å². The third kappa shape index (κ3) is 3.35. The van der Waals surface area contributed by atoms with Crippen molar-refractivity contribution in [1.29, 1.82) is 0 Å². The van der Waals surface area contributed by atoms with Gasteiger partial charge in [-0.05, 0) is 12.5 Å². The first-order chi connectivity index (χ1) is 8.75. The zero-order valence-electron chi connectivity index (χ0n) is 10.1. The number of nitrogens with zero attached hydrogens (tertiary/aromatic N) is 1. The number of aromatic nitrogens is 2. The highest BCUT2D eigenvalue weighted by Gasteiger charge is 2.10. The van der Waals surface area contributed by atoms with E-state index in [1.165, 1.54) is 0 Å². The van der Waals surface area contributed by atoms with Gasteiger partial charge in [0.15, 0.2) is 0 Å². The number of rotatable bonds is 4. The van der Waals surface area contributed by atoms with Crippen molar-refractivity contribution < 1.29 is 9.53 Å². The summed E-state index contributed by atoms with van der Waals surface area (Å²) in [5.41, 5.74) is 1.87. The average molecular weight is 245 g/mol. The molecule has 0 spiro atoms. The van der Waals surface area contributed by atoms with E-state index in [4.69, 9.17) is 4.74 Å². The lowest BCUT2D eigenvalue weighted by molar-refractivity contribution is 0.136. The number of benzene rings is 1. The van der Waals surface area contributed by atoms with Crippen LogP contribution in [0.25, 0.3) is 0 Å². The predicted octanol–water partition coefficient (Wildman–Crippen LogP) is 2.40. The largest absolute Gasteiger partial charge is 0.445 e. The number of ether oxygens (including phenoxy) is 1. The Kier molecular flexibility index (Phi) is 3.96. The molecule has 18 heavy (non-hydrogen) atoms. The molecule has 2 aromatic rings. The van der Waals surface area contributed by atoms with Gasteiger partial charge in [-0.25, -0.2) is 4.79 Å². The second-order valence-electron chi connectivity index (χ2n) is 3.96. The Morgan fingerprint density at radius 1 is 1.44 bits per heavy atom. The van der Waals surface area contributed by atoms with Crippen molar-refractivity contribution in [2.75, 3.05) is 0 Å². The number of carbonyl (C=O) groups is 1. The van der Waals surface area contributed by atoms with E-state index >= 15 is 0 Å². The van der Waals surface area contributed by atoms with E-state index in [0.717, 1.165) is 11.1 Å². The van der Waals surface area contributed by atoms with Gasteiger partial charge in [-0.15, -0.1) is 0 Å². The number of amides is 1. The van der Waals surface area contributed by atoms with Gasteiger partial charge in [0.1, 0.15) is 6.61 Å². The second-order valence-corrected chi connectivity index (χ2v) is 3.96. The molecular weight excluding hydrogens is 230 g/mol. The lowest BCUT2D eigenvalue weighted by Crippen LogP contribution is -2.27. The summed E-state index contributed by atoms with van der Waals surface area (Å²) in [6.07, 6.45) is 2.97. The lowest BCUT2D eigenvalue weighted by Gasteiger charge is -2.12. The topological polar surface area (TPSA) is 67.0 Å². The highest BCUT2D eigenvalue weighted by Crippen LogP contribution is 2.09. The van der Waals surface area contributed by atoms with Crippen molar-refractivity contribution in [3.05, 3.63) is 53.9 Å². The number of carbonyl (C=O) groups excluding carboxylic acids is 1. The van der Waals surface area contributed by atoms with Gasteiger partial charge in [-0.3, -0.25) is 5.10 Å². The molecule has 0 saturated carbocycles. The third-order valence-corrected chi connectivity index (χ3v) is 2.57. The van der Waals surface area contributed by atoms with Crippen molar-refractivity contribution in [2.24, 2.45) is 0 Å². The van der Waals surface area contributed by atoms with E-state index in [-0.39, 0.29) is 12.6 Å². The van der Waals surface area contributed by atoms with Crippen LogP contribution in [0.15, 0.2) is 42.7 Å².